The van der Waals surface area contributed by atoms with Crippen molar-refractivity contribution >= 4 is 44.2 Å². The molecule has 0 bridgehead atoms. The first-order valence-corrected chi connectivity index (χ1v) is 8.88. The van der Waals surface area contributed by atoms with Crippen molar-refractivity contribution in [2.45, 2.75) is 0 Å². The summed E-state index contributed by atoms with van der Waals surface area (Å²) < 4.78 is 7.75. The normalized spacial score (nSPS) is 10.8. The Balaban J connectivity index is 1.55. The monoisotopic (exact) mass is 384 g/mol. The number of thiazole rings is 1. The van der Waals surface area contributed by atoms with Crippen LogP contribution in [0.2, 0.25) is 5.02 Å². The fourth-order valence-corrected chi connectivity index (χ4v) is 3.53. The van der Waals surface area contributed by atoms with Crippen LogP contribution in [-0.2, 0) is 0 Å². The number of methoxy groups -OCH3 is 1. The van der Waals surface area contributed by atoms with Gasteiger partial charge in [0.1, 0.15) is 5.75 Å². The lowest BCUT2D eigenvalue weighted by Gasteiger charge is -2.01. The van der Waals surface area contributed by atoms with Crippen LogP contribution in [0, 0.1) is 0 Å². The van der Waals surface area contributed by atoms with E-state index in [1.165, 1.54) is 17.5 Å². The van der Waals surface area contributed by atoms with Crippen LogP contribution in [0.25, 0.3) is 15.9 Å². The zero-order valence-corrected chi connectivity index (χ0v) is 15.2. The van der Waals surface area contributed by atoms with E-state index in [9.17, 15) is 4.79 Å². The maximum absolute atomic E-state index is 12.5. The van der Waals surface area contributed by atoms with Crippen LogP contribution in [0.4, 0.5) is 5.13 Å². The molecule has 0 saturated carbocycles. The third-order valence-electron chi connectivity index (χ3n) is 3.73. The second-order valence-corrected chi connectivity index (χ2v) is 6.93. The van der Waals surface area contributed by atoms with Gasteiger partial charge >= 0.3 is 0 Å². The van der Waals surface area contributed by atoms with E-state index in [2.05, 4.69) is 15.4 Å². The number of hydrogen-bond acceptors (Lipinski definition) is 5. The van der Waals surface area contributed by atoms with Gasteiger partial charge < -0.3 is 4.74 Å². The lowest BCUT2D eigenvalue weighted by atomic mass is 10.3. The average molecular weight is 385 g/mol. The van der Waals surface area contributed by atoms with Gasteiger partial charge in [0.2, 0.25) is 0 Å². The molecule has 0 aliphatic heterocycles. The van der Waals surface area contributed by atoms with Crippen molar-refractivity contribution in [2.75, 3.05) is 12.4 Å². The Bertz CT molecular complexity index is 1110. The van der Waals surface area contributed by atoms with Crippen molar-refractivity contribution < 1.29 is 9.53 Å². The standard InChI is InChI=1S/C18H13ClN4O2S/c1-25-14-5-6-15-16(8-14)26-18(21-15)22-17(24)11-9-20-23(10-11)13-4-2-3-12(19)7-13/h2-10H,1H3,(H,21,22,24). The fourth-order valence-electron chi connectivity index (χ4n) is 2.45. The molecule has 0 radical (unpaired) electrons. The van der Waals surface area contributed by atoms with Gasteiger partial charge in [0, 0.05) is 11.2 Å². The van der Waals surface area contributed by atoms with Gasteiger partial charge in [-0.15, -0.1) is 0 Å². The van der Waals surface area contributed by atoms with E-state index >= 15 is 0 Å². The Morgan fingerprint density at radius 1 is 1.27 bits per heavy atom. The number of rotatable bonds is 4. The predicted molar refractivity (Wildman–Crippen MR) is 103 cm³/mol. The minimum atomic E-state index is -0.274. The molecule has 0 spiro atoms. The molecule has 8 heteroatoms. The second-order valence-electron chi connectivity index (χ2n) is 5.46. The molecule has 0 saturated heterocycles. The lowest BCUT2D eigenvalue weighted by Crippen LogP contribution is -2.10. The van der Waals surface area contributed by atoms with Crippen LogP contribution in [-0.4, -0.2) is 27.8 Å². The molecule has 2 heterocycles. The smallest absolute Gasteiger partial charge is 0.260 e. The molecule has 0 unspecified atom stereocenters. The molecule has 1 N–H and O–H groups in total. The topological polar surface area (TPSA) is 69.0 Å². The van der Waals surface area contributed by atoms with E-state index in [1.807, 2.05) is 30.3 Å². The van der Waals surface area contributed by atoms with Crippen molar-refractivity contribution in [3.05, 3.63) is 65.4 Å². The Morgan fingerprint density at radius 2 is 2.15 bits per heavy atom. The number of nitrogens with zero attached hydrogens (tertiary/aromatic N) is 3. The van der Waals surface area contributed by atoms with Gasteiger partial charge in [-0.1, -0.05) is 29.0 Å². The van der Waals surface area contributed by atoms with Crippen LogP contribution in [0.3, 0.4) is 0 Å². The molecular weight excluding hydrogens is 372 g/mol. The summed E-state index contributed by atoms with van der Waals surface area (Å²) in [6.07, 6.45) is 3.16. The van der Waals surface area contributed by atoms with Crippen LogP contribution >= 0.6 is 22.9 Å². The number of hydrogen-bond donors (Lipinski definition) is 1. The number of ether oxygens (including phenoxy) is 1. The minimum Gasteiger partial charge on any atom is -0.497 e. The van der Waals surface area contributed by atoms with E-state index < -0.39 is 0 Å². The van der Waals surface area contributed by atoms with E-state index in [-0.39, 0.29) is 5.91 Å². The number of fused-ring (bicyclic) bond motifs is 1. The van der Waals surface area contributed by atoms with Crippen LogP contribution in [0.5, 0.6) is 5.75 Å². The number of carbonyl (C=O) groups excluding carboxylic acids is 1. The number of nitrogens with one attached hydrogen (secondary N) is 1. The zero-order valence-electron chi connectivity index (χ0n) is 13.6. The fraction of sp³-hybridized carbons (Fsp3) is 0.0556. The lowest BCUT2D eigenvalue weighted by molar-refractivity contribution is 0.102. The van der Waals surface area contributed by atoms with Crippen molar-refractivity contribution in [3.63, 3.8) is 0 Å². The first kappa shape index (κ1) is 16.6. The molecule has 4 rings (SSSR count). The van der Waals surface area contributed by atoms with E-state index in [1.54, 1.807) is 30.1 Å². The van der Waals surface area contributed by atoms with Gasteiger partial charge in [-0.3, -0.25) is 10.1 Å². The van der Waals surface area contributed by atoms with Crippen molar-refractivity contribution in [1.82, 2.24) is 14.8 Å². The Labute approximate surface area is 158 Å². The maximum atomic E-state index is 12.5. The van der Waals surface area contributed by atoms with Crippen molar-refractivity contribution in [3.8, 4) is 11.4 Å². The Morgan fingerprint density at radius 3 is 2.96 bits per heavy atom. The summed E-state index contributed by atoms with van der Waals surface area (Å²) in [5, 5.41) is 8.16. The third kappa shape index (κ3) is 3.26. The summed E-state index contributed by atoms with van der Waals surface area (Å²) in [7, 11) is 1.61. The number of anilines is 1. The molecule has 0 aliphatic rings. The highest BCUT2D eigenvalue weighted by Crippen LogP contribution is 2.29. The van der Waals surface area contributed by atoms with Gasteiger partial charge in [0.15, 0.2) is 5.13 Å². The predicted octanol–water partition coefficient (Wildman–Crippen LogP) is 4.40. The first-order chi connectivity index (χ1) is 12.6. The summed E-state index contributed by atoms with van der Waals surface area (Å²) >= 11 is 7.38. The molecule has 0 aliphatic carbocycles. The van der Waals surface area contributed by atoms with Crippen molar-refractivity contribution in [1.29, 1.82) is 0 Å². The van der Waals surface area contributed by atoms with Crippen molar-refractivity contribution in [2.24, 2.45) is 0 Å². The summed E-state index contributed by atoms with van der Waals surface area (Å²) in [5.41, 5.74) is 2.02. The molecule has 6 nitrogen and oxygen atoms in total. The molecule has 4 aromatic rings. The quantitative estimate of drug-likeness (QED) is 0.566. The van der Waals surface area contributed by atoms with Crippen LogP contribution in [0.15, 0.2) is 54.9 Å². The summed E-state index contributed by atoms with van der Waals surface area (Å²) in [5.74, 6) is 0.478. The van der Waals surface area contributed by atoms with Gasteiger partial charge in [-0.2, -0.15) is 5.10 Å². The number of aromatic nitrogens is 3. The largest absolute Gasteiger partial charge is 0.497 e. The van der Waals surface area contributed by atoms with Gasteiger partial charge in [-0.05, 0) is 36.4 Å². The summed E-state index contributed by atoms with van der Waals surface area (Å²) in [6.45, 7) is 0. The van der Waals surface area contributed by atoms with Gasteiger partial charge in [-0.25, -0.2) is 9.67 Å². The molecule has 130 valence electrons. The van der Waals surface area contributed by atoms with Crippen LogP contribution < -0.4 is 10.1 Å². The molecule has 0 atom stereocenters. The molecule has 0 fully saturated rings. The average Bonchev–Trinajstić information content (AvgIpc) is 3.27. The molecular formula is C18H13ClN4O2S. The summed E-state index contributed by atoms with van der Waals surface area (Å²) in [4.78, 5) is 16.9. The van der Waals surface area contributed by atoms with Crippen LogP contribution in [0.1, 0.15) is 10.4 Å². The van der Waals surface area contributed by atoms with Gasteiger partial charge in [0.05, 0.1) is 34.8 Å². The Hall–Kier alpha value is -2.90. The van der Waals surface area contributed by atoms with E-state index in [4.69, 9.17) is 16.3 Å². The minimum absolute atomic E-state index is 0.274. The molecule has 2 aromatic carbocycles. The number of benzene rings is 2. The SMILES string of the molecule is COc1ccc2nc(NC(=O)c3cnn(-c4cccc(Cl)c4)c3)sc2c1. The number of carbonyl (C=O) groups is 1. The number of amides is 1. The summed E-state index contributed by atoms with van der Waals surface area (Å²) in [6, 6.07) is 12.8. The zero-order chi connectivity index (χ0) is 18.1. The van der Waals surface area contributed by atoms with E-state index in [0.717, 1.165) is 21.7 Å². The maximum Gasteiger partial charge on any atom is 0.260 e. The molecule has 26 heavy (non-hydrogen) atoms. The van der Waals surface area contributed by atoms with E-state index in [0.29, 0.717) is 15.7 Å². The molecule has 2 aromatic heterocycles. The highest BCUT2D eigenvalue weighted by Gasteiger charge is 2.13. The Kier molecular flexibility index (Phi) is 4.32. The molecule has 1 amide bonds. The van der Waals surface area contributed by atoms with Gasteiger partial charge in [0.25, 0.3) is 5.91 Å². The highest BCUT2D eigenvalue weighted by molar-refractivity contribution is 7.22. The third-order valence-corrected chi connectivity index (χ3v) is 4.90. The number of halogens is 1. The second kappa shape index (κ2) is 6.78. The first-order valence-electron chi connectivity index (χ1n) is 7.69. The highest BCUT2D eigenvalue weighted by atomic mass is 35.5.